The van der Waals surface area contributed by atoms with Gasteiger partial charge in [0.25, 0.3) is 0 Å². The molecule has 0 saturated carbocycles. The van der Waals surface area contributed by atoms with Crippen LogP contribution in [0.5, 0.6) is 0 Å². The maximum Gasteiger partial charge on any atom is 0.315 e. The molecule has 0 bridgehead atoms. The summed E-state index contributed by atoms with van der Waals surface area (Å²) >= 11 is 0. The second-order valence-corrected chi connectivity index (χ2v) is 5.98. The minimum absolute atomic E-state index is 0.0399. The molecule has 2 amide bonds. The highest BCUT2D eigenvalue weighted by Gasteiger charge is 2.26. The van der Waals surface area contributed by atoms with Crippen LogP contribution in [0.25, 0.3) is 0 Å². The van der Waals surface area contributed by atoms with Gasteiger partial charge in [0.1, 0.15) is 0 Å². The molecule has 0 saturated heterocycles. The Morgan fingerprint density at radius 3 is 2.11 bits per heavy atom. The lowest BCUT2D eigenvalue weighted by Crippen LogP contribution is -2.50. The minimum Gasteiger partial charge on any atom is -0.481 e. The molecule has 18 heavy (non-hydrogen) atoms. The molecule has 6 nitrogen and oxygen atoms in total. The Kier molecular flexibility index (Phi) is 5.60. The largest absolute Gasteiger partial charge is 0.481 e. The number of carbonyl (C=O) groups is 2. The van der Waals surface area contributed by atoms with Gasteiger partial charge in [-0.15, -0.1) is 0 Å². The molecule has 0 aliphatic rings. The molecule has 4 N–H and O–H groups in total. The van der Waals surface area contributed by atoms with E-state index in [0.29, 0.717) is 0 Å². The van der Waals surface area contributed by atoms with E-state index in [2.05, 4.69) is 10.6 Å². The van der Waals surface area contributed by atoms with Crippen molar-refractivity contribution in [1.29, 1.82) is 0 Å². The lowest BCUT2D eigenvalue weighted by Gasteiger charge is -2.29. The molecule has 0 radical (unpaired) electrons. The van der Waals surface area contributed by atoms with Crippen LogP contribution in [0.15, 0.2) is 0 Å². The molecule has 0 aromatic rings. The van der Waals surface area contributed by atoms with Crippen LogP contribution in [0.1, 0.15) is 41.0 Å². The summed E-state index contributed by atoms with van der Waals surface area (Å²) in [5.74, 6) is -1.11. The van der Waals surface area contributed by atoms with Gasteiger partial charge in [-0.05, 0) is 19.3 Å². The smallest absolute Gasteiger partial charge is 0.315 e. The first kappa shape index (κ1) is 16.7. The molecular weight excluding hydrogens is 236 g/mol. The average molecular weight is 260 g/mol. The number of amides is 2. The average Bonchev–Trinajstić information content (AvgIpc) is 2.11. The van der Waals surface area contributed by atoms with E-state index in [4.69, 9.17) is 5.11 Å². The summed E-state index contributed by atoms with van der Waals surface area (Å²) in [6.45, 7) is 9.14. The van der Waals surface area contributed by atoms with Crippen molar-refractivity contribution in [3.05, 3.63) is 0 Å². The summed E-state index contributed by atoms with van der Waals surface area (Å²) < 4.78 is 0. The predicted molar refractivity (Wildman–Crippen MR) is 68.3 cm³/mol. The first-order valence-corrected chi connectivity index (χ1v) is 5.92. The third kappa shape index (κ3) is 7.11. The number of carboxylic acid groups (broad SMARTS) is 1. The Morgan fingerprint density at radius 1 is 1.22 bits per heavy atom. The topological polar surface area (TPSA) is 98.7 Å². The molecular formula is C12H24N2O4. The van der Waals surface area contributed by atoms with Crippen LogP contribution in [0.4, 0.5) is 4.79 Å². The summed E-state index contributed by atoms with van der Waals surface area (Å²) in [4.78, 5) is 22.0. The van der Waals surface area contributed by atoms with Crippen molar-refractivity contribution >= 4 is 12.0 Å². The van der Waals surface area contributed by atoms with E-state index in [0.717, 1.165) is 0 Å². The van der Waals surface area contributed by atoms with E-state index in [9.17, 15) is 14.7 Å². The second kappa shape index (κ2) is 6.04. The first-order chi connectivity index (χ1) is 7.94. The zero-order valence-corrected chi connectivity index (χ0v) is 11.7. The van der Waals surface area contributed by atoms with Crippen molar-refractivity contribution in [2.24, 2.45) is 5.41 Å². The van der Waals surface area contributed by atoms with E-state index in [1.807, 2.05) is 27.7 Å². The van der Waals surface area contributed by atoms with Crippen molar-refractivity contribution in [2.75, 3.05) is 6.54 Å². The van der Waals surface area contributed by atoms with Crippen LogP contribution in [-0.2, 0) is 4.79 Å². The maximum atomic E-state index is 11.6. The number of carboxylic acids is 1. The fourth-order valence-electron chi connectivity index (χ4n) is 1.12. The summed E-state index contributed by atoms with van der Waals surface area (Å²) in [5, 5.41) is 23.5. The highest BCUT2D eigenvalue weighted by molar-refractivity contribution is 5.74. The molecule has 2 atom stereocenters. The third-order valence-corrected chi connectivity index (χ3v) is 2.81. The van der Waals surface area contributed by atoms with Crippen LogP contribution in [0.2, 0.25) is 0 Å². The molecule has 0 rings (SSSR count). The molecule has 0 fully saturated rings. The zero-order valence-electron chi connectivity index (χ0n) is 11.7. The molecule has 2 unspecified atom stereocenters. The lowest BCUT2D eigenvalue weighted by atomic mass is 9.88. The van der Waals surface area contributed by atoms with Crippen molar-refractivity contribution in [3.63, 3.8) is 0 Å². The van der Waals surface area contributed by atoms with E-state index in [1.165, 1.54) is 6.92 Å². The summed E-state index contributed by atoms with van der Waals surface area (Å²) in [6, 6.07) is -0.454. The SMILES string of the molecule is CC(NC(=O)NCC(C)(O)CC(=O)O)C(C)(C)C. The monoisotopic (exact) mass is 260 g/mol. The van der Waals surface area contributed by atoms with Gasteiger partial charge in [-0.25, -0.2) is 4.79 Å². The van der Waals surface area contributed by atoms with E-state index in [1.54, 1.807) is 0 Å². The van der Waals surface area contributed by atoms with Gasteiger partial charge in [-0.3, -0.25) is 4.79 Å². The van der Waals surface area contributed by atoms with Crippen molar-refractivity contribution in [3.8, 4) is 0 Å². The number of carbonyl (C=O) groups excluding carboxylic acids is 1. The van der Waals surface area contributed by atoms with Gasteiger partial charge in [0, 0.05) is 12.6 Å². The van der Waals surface area contributed by atoms with Crippen LogP contribution in [0, 0.1) is 5.41 Å². The van der Waals surface area contributed by atoms with Crippen LogP contribution < -0.4 is 10.6 Å². The highest BCUT2D eigenvalue weighted by Crippen LogP contribution is 2.18. The maximum absolute atomic E-state index is 11.6. The lowest BCUT2D eigenvalue weighted by molar-refractivity contribution is -0.141. The Hall–Kier alpha value is -1.30. The van der Waals surface area contributed by atoms with Crippen LogP contribution in [-0.4, -0.2) is 40.4 Å². The van der Waals surface area contributed by atoms with E-state index >= 15 is 0 Å². The quantitative estimate of drug-likeness (QED) is 0.591. The van der Waals surface area contributed by atoms with Gasteiger partial charge in [-0.1, -0.05) is 20.8 Å². The van der Waals surface area contributed by atoms with E-state index in [-0.39, 0.29) is 18.0 Å². The summed E-state index contributed by atoms with van der Waals surface area (Å²) in [7, 11) is 0. The van der Waals surface area contributed by atoms with Crippen molar-refractivity contribution in [1.82, 2.24) is 10.6 Å². The number of aliphatic hydroxyl groups is 1. The molecule has 6 heteroatoms. The fourth-order valence-corrected chi connectivity index (χ4v) is 1.12. The van der Waals surface area contributed by atoms with Gasteiger partial charge in [0.05, 0.1) is 12.0 Å². The molecule has 106 valence electrons. The standard InChI is InChI=1S/C12H24N2O4/c1-8(11(2,3)4)14-10(17)13-7-12(5,18)6-9(15)16/h8,18H,6-7H2,1-5H3,(H,15,16)(H2,13,14,17). The Labute approximate surface area is 108 Å². The van der Waals surface area contributed by atoms with Crippen molar-refractivity contribution in [2.45, 2.75) is 52.7 Å². The van der Waals surface area contributed by atoms with Gasteiger partial charge >= 0.3 is 12.0 Å². The molecule has 0 aromatic heterocycles. The number of hydrogen-bond donors (Lipinski definition) is 4. The second-order valence-electron chi connectivity index (χ2n) is 5.98. The number of urea groups is 1. The zero-order chi connectivity index (χ0) is 14.6. The highest BCUT2D eigenvalue weighted by atomic mass is 16.4. The number of nitrogens with one attached hydrogen (secondary N) is 2. The molecule has 0 aliphatic heterocycles. The Morgan fingerprint density at radius 2 is 1.72 bits per heavy atom. The van der Waals surface area contributed by atoms with Gasteiger partial charge in [0.2, 0.25) is 0 Å². The normalized spacial score (nSPS) is 16.6. The fraction of sp³-hybridized carbons (Fsp3) is 0.833. The number of hydrogen-bond acceptors (Lipinski definition) is 3. The van der Waals surface area contributed by atoms with Gasteiger partial charge in [0.15, 0.2) is 0 Å². The van der Waals surface area contributed by atoms with Gasteiger partial charge in [-0.2, -0.15) is 0 Å². The Bertz CT molecular complexity index is 308. The summed E-state index contributed by atoms with van der Waals surface area (Å²) in [6.07, 6.45) is -0.415. The summed E-state index contributed by atoms with van der Waals surface area (Å²) in [5.41, 5.74) is -1.52. The molecule has 0 aliphatic carbocycles. The van der Waals surface area contributed by atoms with E-state index < -0.39 is 24.0 Å². The third-order valence-electron chi connectivity index (χ3n) is 2.81. The minimum atomic E-state index is -1.45. The predicted octanol–water partition coefficient (Wildman–Crippen LogP) is 0.946. The van der Waals surface area contributed by atoms with Crippen LogP contribution in [0.3, 0.4) is 0 Å². The number of rotatable bonds is 5. The number of aliphatic carboxylic acids is 1. The molecule has 0 spiro atoms. The van der Waals surface area contributed by atoms with Crippen molar-refractivity contribution < 1.29 is 19.8 Å². The molecule has 0 aromatic carbocycles. The Balaban J connectivity index is 4.15. The first-order valence-electron chi connectivity index (χ1n) is 5.92. The van der Waals surface area contributed by atoms with Crippen LogP contribution >= 0.6 is 0 Å². The molecule has 0 heterocycles. The van der Waals surface area contributed by atoms with Gasteiger partial charge < -0.3 is 20.8 Å².